The highest BCUT2D eigenvalue weighted by Crippen LogP contribution is 2.24. The number of hydrogen-bond acceptors (Lipinski definition) is 8. The minimum Gasteiger partial charge on any atom is -0.355 e. The first-order chi connectivity index (χ1) is 17.5. The second-order valence-electron chi connectivity index (χ2n) is 9.74. The number of nitrogens with zero attached hydrogens (tertiary/aromatic N) is 5. The predicted octanol–water partition coefficient (Wildman–Crippen LogP) is 3.11. The van der Waals surface area contributed by atoms with Gasteiger partial charge >= 0.3 is 0 Å². The van der Waals surface area contributed by atoms with Crippen LogP contribution in [0.25, 0.3) is 11.1 Å². The zero-order chi connectivity index (χ0) is 24.9. The van der Waals surface area contributed by atoms with Crippen LogP contribution >= 0.6 is 0 Å². The Morgan fingerprint density at radius 2 is 1.61 bits per heavy atom. The van der Waals surface area contributed by atoms with Crippen LogP contribution in [0.4, 0.5) is 17.5 Å². The molecule has 5 aliphatic heterocycles. The Morgan fingerprint density at radius 1 is 0.861 bits per heavy atom. The number of carbonyl (C=O) groups is 1. The molecule has 0 saturated carbocycles. The summed E-state index contributed by atoms with van der Waals surface area (Å²) in [4.78, 5) is 30.8. The molecule has 1 fully saturated rings. The van der Waals surface area contributed by atoms with E-state index in [1.54, 1.807) is 6.20 Å². The van der Waals surface area contributed by atoms with E-state index in [4.69, 9.17) is 0 Å². The van der Waals surface area contributed by atoms with Crippen molar-refractivity contribution in [3.05, 3.63) is 60.6 Å². The Balaban J connectivity index is 1.39. The van der Waals surface area contributed by atoms with Crippen LogP contribution in [-0.2, 0) is 11.3 Å². The minimum atomic E-state index is 0.0793. The molecule has 9 heteroatoms. The van der Waals surface area contributed by atoms with Crippen molar-refractivity contribution in [3.8, 4) is 11.1 Å². The number of rotatable bonds is 0. The Morgan fingerprint density at radius 3 is 2.42 bits per heavy atom. The third-order valence-electron chi connectivity index (χ3n) is 6.88. The summed E-state index contributed by atoms with van der Waals surface area (Å²) in [5, 5.41) is 9.74. The molecule has 4 atom stereocenters. The van der Waals surface area contributed by atoms with E-state index in [0.29, 0.717) is 37.7 Å². The van der Waals surface area contributed by atoms with E-state index >= 15 is 0 Å². The number of pyridine rings is 1. The molecule has 3 N–H and O–H groups in total. The van der Waals surface area contributed by atoms with Gasteiger partial charge in [-0.15, -0.1) is 0 Å². The first-order valence-corrected chi connectivity index (χ1v) is 12.7. The van der Waals surface area contributed by atoms with Crippen LogP contribution < -0.4 is 16.0 Å². The van der Waals surface area contributed by atoms with Crippen LogP contribution in [0.5, 0.6) is 0 Å². The van der Waals surface area contributed by atoms with Gasteiger partial charge in [0, 0.05) is 74.6 Å². The smallest absolute Gasteiger partial charge is 0.234 e. The predicted molar refractivity (Wildman–Crippen MR) is 142 cm³/mol. The highest BCUT2D eigenvalue weighted by atomic mass is 16.2. The summed E-state index contributed by atoms with van der Waals surface area (Å²) in [6.07, 6.45) is 6.22. The lowest BCUT2D eigenvalue weighted by Gasteiger charge is -2.44. The zero-order valence-electron chi connectivity index (χ0n) is 20.9. The maximum Gasteiger partial charge on any atom is 0.234 e. The molecule has 3 aromatic rings. The van der Waals surface area contributed by atoms with Crippen molar-refractivity contribution >= 4 is 23.4 Å². The number of aromatic nitrogens is 3. The molecule has 7 heterocycles. The van der Waals surface area contributed by atoms with Gasteiger partial charge in [0.15, 0.2) is 0 Å². The third-order valence-corrected chi connectivity index (χ3v) is 6.88. The molecule has 1 saturated heterocycles. The van der Waals surface area contributed by atoms with Crippen molar-refractivity contribution < 1.29 is 4.79 Å². The number of hydrogen-bond donors (Lipinski definition) is 3. The largest absolute Gasteiger partial charge is 0.355 e. The summed E-state index contributed by atoms with van der Waals surface area (Å²) in [6, 6.07) is 13.1. The fourth-order valence-electron chi connectivity index (χ4n) is 4.84. The van der Waals surface area contributed by atoms with E-state index in [9.17, 15) is 4.79 Å². The van der Waals surface area contributed by atoms with Crippen LogP contribution in [0.15, 0.2) is 55.0 Å². The maximum absolute atomic E-state index is 12.6. The van der Waals surface area contributed by atoms with Gasteiger partial charge in [-0.05, 0) is 55.7 Å². The molecule has 8 rings (SSSR count). The Kier molecular flexibility index (Phi) is 7.39. The number of carbonyl (C=O) groups excluding carboxylic acids is 1. The Bertz CT molecular complexity index is 1180. The van der Waals surface area contributed by atoms with E-state index < -0.39 is 0 Å². The standard InChI is InChI=1S/C27H34N8O/c1-19-16-35-18-26(36)29-8-4-9-30-27-31-13-23(14-32-27)22-7-10-28-25(12-22)33-24-6-3-5-21(11-24)17-34(19)15-20(35)2/h3,5-7,10-14,19-20H,4,8-9,15-18H2,1-2H3,(H,28,33)(H,29,36)(H,30,31,32). The highest BCUT2D eigenvalue weighted by Gasteiger charge is 2.30. The molecule has 8 bridgehead atoms. The molecule has 1 aromatic carbocycles. The van der Waals surface area contributed by atoms with Gasteiger partial charge in [0.05, 0.1) is 6.54 Å². The average Bonchev–Trinajstić information content (AvgIpc) is 2.87. The van der Waals surface area contributed by atoms with Gasteiger partial charge in [0.25, 0.3) is 0 Å². The first kappa shape index (κ1) is 24.1. The zero-order valence-corrected chi connectivity index (χ0v) is 20.9. The van der Waals surface area contributed by atoms with Gasteiger partial charge in [-0.25, -0.2) is 15.0 Å². The molecule has 36 heavy (non-hydrogen) atoms. The van der Waals surface area contributed by atoms with E-state index in [1.165, 1.54) is 5.56 Å². The fourth-order valence-corrected chi connectivity index (χ4v) is 4.84. The summed E-state index contributed by atoms with van der Waals surface area (Å²) >= 11 is 0. The van der Waals surface area contributed by atoms with Crippen molar-refractivity contribution in [2.24, 2.45) is 0 Å². The van der Waals surface area contributed by atoms with Crippen LogP contribution in [0.2, 0.25) is 0 Å². The van der Waals surface area contributed by atoms with Crippen molar-refractivity contribution in [2.45, 2.75) is 38.9 Å². The number of nitrogens with one attached hydrogen (secondary N) is 3. The Hall–Kier alpha value is -3.56. The molecule has 0 aliphatic carbocycles. The van der Waals surface area contributed by atoms with Gasteiger partial charge in [-0.1, -0.05) is 12.1 Å². The van der Waals surface area contributed by atoms with Crippen LogP contribution in [0, 0.1) is 0 Å². The lowest BCUT2D eigenvalue weighted by Crippen LogP contribution is -2.57. The van der Waals surface area contributed by atoms with Crippen molar-refractivity contribution in [3.63, 3.8) is 0 Å². The summed E-state index contributed by atoms with van der Waals surface area (Å²) in [7, 11) is 0. The van der Waals surface area contributed by atoms with Crippen LogP contribution in [0.3, 0.4) is 0 Å². The van der Waals surface area contributed by atoms with Crippen LogP contribution in [0.1, 0.15) is 25.8 Å². The molecule has 2 aromatic heterocycles. The monoisotopic (exact) mass is 486 g/mol. The highest BCUT2D eigenvalue weighted by molar-refractivity contribution is 5.78. The number of amides is 1. The van der Waals surface area contributed by atoms with Crippen molar-refractivity contribution in [2.75, 3.05) is 43.4 Å². The van der Waals surface area contributed by atoms with Crippen molar-refractivity contribution in [1.29, 1.82) is 0 Å². The maximum atomic E-state index is 12.6. The molecule has 9 nitrogen and oxygen atoms in total. The second kappa shape index (κ2) is 11.0. The van der Waals surface area contributed by atoms with Gasteiger partial charge in [0.2, 0.25) is 11.9 Å². The van der Waals surface area contributed by atoms with Gasteiger partial charge < -0.3 is 16.0 Å². The topological polar surface area (TPSA) is 98.3 Å². The normalized spacial score (nSPS) is 24.9. The van der Waals surface area contributed by atoms with E-state index in [0.717, 1.165) is 48.7 Å². The van der Waals surface area contributed by atoms with E-state index in [-0.39, 0.29) is 5.91 Å². The molecule has 1 amide bonds. The molecule has 0 spiro atoms. The first-order valence-electron chi connectivity index (χ1n) is 12.7. The summed E-state index contributed by atoms with van der Waals surface area (Å²) in [5.74, 6) is 1.43. The average molecular weight is 487 g/mol. The number of piperazine rings is 1. The molecule has 5 aliphatic rings. The van der Waals surface area contributed by atoms with Gasteiger partial charge in [0.1, 0.15) is 5.82 Å². The fraction of sp³-hybridized carbons (Fsp3) is 0.407. The molecular formula is C27H34N8O. The summed E-state index contributed by atoms with van der Waals surface area (Å²) < 4.78 is 0. The number of anilines is 3. The quantitative estimate of drug-likeness (QED) is 0.446. The van der Waals surface area contributed by atoms with E-state index in [2.05, 4.69) is 78.8 Å². The van der Waals surface area contributed by atoms with Crippen molar-refractivity contribution in [1.82, 2.24) is 30.1 Å². The number of benzene rings is 1. The summed E-state index contributed by atoms with van der Waals surface area (Å²) in [6.45, 7) is 8.86. The SMILES string of the molecule is CC1CN2Cc3cccc(c3)Nc3cc(ccn3)-c3cnc(nc3)NCCCNC(=O)CN1CC2C. The minimum absolute atomic E-state index is 0.0793. The lowest BCUT2D eigenvalue weighted by atomic mass is 10.1. The molecule has 0 radical (unpaired) electrons. The third kappa shape index (κ3) is 5.98. The summed E-state index contributed by atoms with van der Waals surface area (Å²) in [5.41, 5.74) is 4.17. The lowest BCUT2D eigenvalue weighted by molar-refractivity contribution is -0.123. The van der Waals surface area contributed by atoms with Gasteiger partial charge in [-0.2, -0.15) is 0 Å². The van der Waals surface area contributed by atoms with Crippen LogP contribution in [-0.4, -0.2) is 75.5 Å². The molecule has 188 valence electrons. The Labute approximate surface area is 212 Å². The second-order valence-corrected chi connectivity index (χ2v) is 9.74. The molecular weight excluding hydrogens is 452 g/mol. The molecule has 4 unspecified atom stereocenters. The van der Waals surface area contributed by atoms with E-state index in [1.807, 2.05) is 24.5 Å². The van der Waals surface area contributed by atoms with Gasteiger partial charge in [-0.3, -0.25) is 14.6 Å².